The lowest BCUT2D eigenvalue weighted by Gasteiger charge is -2.37. The average molecular weight is 932 g/mol. The van der Waals surface area contributed by atoms with E-state index in [1.807, 2.05) is 176 Å². The summed E-state index contributed by atoms with van der Waals surface area (Å²) >= 11 is 0. The molecule has 2 atom stereocenters. The van der Waals surface area contributed by atoms with Gasteiger partial charge in [0.15, 0.2) is 0 Å². The normalized spacial score (nSPS) is 12.0. The molecule has 70 heavy (non-hydrogen) atoms. The molecule has 0 fully saturated rings. The number of nitrogens with one attached hydrogen (secondary N) is 2. The van der Waals surface area contributed by atoms with Gasteiger partial charge in [-0.3, -0.25) is 9.59 Å². The van der Waals surface area contributed by atoms with Crippen LogP contribution in [0.1, 0.15) is 44.6 Å². The lowest BCUT2D eigenvalue weighted by Crippen LogP contribution is -2.56. The first-order valence-electron chi connectivity index (χ1n) is 23.5. The topological polar surface area (TPSA) is 124 Å². The quantitative estimate of drug-likeness (QED) is 0.0513. The summed E-state index contributed by atoms with van der Waals surface area (Å²) in [5.74, 6) is -0.214. The Labute approximate surface area is 409 Å². The van der Waals surface area contributed by atoms with Crippen molar-refractivity contribution in [2.24, 2.45) is 0 Å². The van der Waals surface area contributed by atoms with E-state index < -0.39 is 29.6 Å². The highest BCUT2D eigenvalue weighted by molar-refractivity contribution is 5.91. The summed E-state index contributed by atoms with van der Waals surface area (Å²) in [6.45, 7) is 1.27. The number of rotatable bonds is 22. The fourth-order valence-corrected chi connectivity index (χ4v) is 8.57. The number of nitrogens with zero attached hydrogens (tertiary/aromatic N) is 3. The number of ether oxygens (including phenoxy) is 3. The van der Waals surface area contributed by atoms with Gasteiger partial charge in [0.2, 0.25) is 11.8 Å². The molecule has 0 aliphatic rings. The van der Waals surface area contributed by atoms with Gasteiger partial charge in [0.1, 0.15) is 36.6 Å². The van der Waals surface area contributed by atoms with E-state index in [0.717, 1.165) is 38.9 Å². The van der Waals surface area contributed by atoms with Gasteiger partial charge in [0, 0.05) is 32.6 Å². The monoisotopic (exact) mass is 931 g/mol. The minimum atomic E-state index is -1.19. The molecule has 0 spiro atoms. The first kappa shape index (κ1) is 48.2. The minimum Gasteiger partial charge on any atom is -0.489 e. The SMILES string of the molecule is CN(C(=O)[C@H](Cc1cn(C(c2ccccc2)(c2ccccc2)c2ccccc2)cn1)NC(=O)OCc1ccccc1)[C@@H](Cc1ccc(OCc2ccccc2)cc1)C(=O)NCCOCc1ccccc1. The van der Waals surface area contributed by atoms with Crippen LogP contribution in [0.15, 0.2) is 219 Å². The van der Waals surface area contributed by atoms with Gasteiger partial charge in [-0.1, -0.05) is 194 Å². The smallest absolute Gasteiger partial charge is 0.408 e. The zero-order chi connectivity index (χ0) is 48.4. The number of benzene rings is 7. The first-order valence-corrected chi connectivity index (χ1v) is 23.5. The number of hydrogen-bond acceptors (Lipinski definition) is 7. The van der Waals surface area contributed by atoms with Gasteiger partial charge >= 0.3 is 6.09 Å². The molecule has 0 bridgehead atoms. The zero-order valence-corrected chi connectivity index (χ0v) is 39.2. The second-order valence-corrected chi connectivity index (χ2v) is 17.0. The number of alkyl carbamates (subject to hydrolysis) is 1. The Bertz CT molecular complexity index is 2750. The summed E-state index contributed by atoms with van der Waals surface area (Å²) < 4.78 is 19.7. The van der Waals surface area contributed by atoms with E-state index in [2.05, 4.69) is 51.6 Å². The molecule has 1 heterocycles. The fraction of sp³-hybridized carbons (Fsp3) is 0.186. The van der Waals surface area contributed by atoms with Crippen molar-refractivity contribution in [3.05, 3.63) is 263 Å². The van der Waals surface area contributed by atoms with Crippen molar-refractivity contribution < 1.29 is 28.6 Å². The number of amides is 3. The average Bonchev–Trinajstić information content (AvgIpc) is 3.89. The Balaban J connectivity index is 1.08. The van der Waals surface area contributed by atoms with Crippen molar-refractivity contribution in [2.45, 2.75) is 50.3 Å². The van der Waals surface area contributed by atoms with Crippen molar-refractivity contribution >= 4 is 17.9 Å². The van der Waals surface area contributed by atoms with Gasteiger partial charge in [0.25, 0.3) is 0 Å². The molecular weight excluding hydrogens is 875 g/mol. The summed E-state index contributed by atoms with van der Waals surface area (Å²) in [4.78, 5) is 49.4. The maximum Gasteiger partial charge on any atom is 0.408 e. The molecule has 8 rings (SSSR count). The molecule has 1 aromatic heterocycles. The van der Waals surface area contributed by atoms with Crippen molar-refractivity contribution in [3.63, 3.8) is 0 Å². The van der Waals surface area contributed by atoms with Crippen LogP contribution in [0.25, 0.3) is 0 Å². The summed E-state index contributed by atoms with van der Waals surface area (Å²) in [5, 5.41) is 5.86. The largest absolute Gasteiger partial charge is 0.489 e. The molecule has 11 heteroatoms. The van der Waals surface area contributed by atoms with Crippen LogP contribution in [-0.2, 0) is 57.3 Å². The molecular formula is C59H57N5O6. The van der Waals surface area contributed by atoms with E-state index >= 15 is 4.79 Å². The standard InChI is InChI=1S/C59H57N5O6/c1-63(55(56(65)60-36-37-68-41-46-20-8-2-9-21-46)38-45-32-34-53(35-33-45)69-42-47-22-10-3-11-23-47)57(66)54(62-58(67)70-43-48-24-12-4-13-25-48)39-52-40-64(44-61-52)59(49-26-14-5-15-27-49,50-28-16-6-17-29-50)51-30-18-7-19-31-51/h2-35,40,44,54-55H,36-39,41-43H2,1H3,(H,60,65)(H,62,67)/t54-,55-/m0/s1. The Morgan fingerprint density at radius 1 is 0.586 bits per heavy atom. The molecule has 0 aliphatic heterocycles. The summed E-state index contributed by atoms with van der Waals surface area (Å²) in [6.07, 6.45) is 3.06. The van der Waals surface area contributed by atoms with Gasteiger partial charge in [-0.05, 0) is 51.1 Å². The van der Waals surface area contributed by atoms with Crippen LogP contribution in [-0.4, -0.2) is 64.6 Å². The molecule has 7 aromatic carbocycles. The highest BCUT2D eigenvalue weighted by atomic mass is 16.5. The number of hydrogen-bond donors (Lipinski definition) is 2. The van der Waals surface area contributed by atoms with Crippen molar-refractivity contribution in [1.82, 2.24) is 25.1 Å². The van der Waals surface area contributed by atoms with Crippen molar-refractivity contribution in [2.75, 3.05) is 20.2 Å². The molecule has 0 saturated carbocycles. The maximum absolute atomic E-state index is 15.1. The van der Waals surface area contributed by atoms with E-state index in [-0.39, 0.29) is 38.5 Å². The number of aromatic nitrogens is 2. The Morgan fingerprint density at radius 2 is 1.07 bits per heavy atom. The molecule has 0 unspecified atom stereocenters. The van der Waals surface area contributed by atoms with Gasteiger partial charge in [-0.25, -0.2) is 9.78 Å². The molecule has 2 N–H and O–H groups in total. The highest BCUT2D eigenvalue weighted by Crippen LogP contribution is 2.41. The predicted molar refractivity (Wildman–Crippen MR) is 271 cm³/mol. The zero-order valence-electron chi connectivity index (χ0n) is 39.2. The van der Waals surface area contributed by atoms with Crippen LogP contribution >= 0.6 is 0 Å². The molecule has 0 saturated heterocycles. The van der Waals surface area contributed by atoms with Gasteiger partial charge in [0.05, 0.1) is 25.2 Å². The van der Waals surface area contributed by atoms with E-state index in [1.54, 1.807) is 13.4 Å². The molecule has 8 aromatic rings. The lowest BCUT2D eigenvalue weighted by atomic mass is 9.77. The van der Waals surface area contributed by atoms with Crippen molar-refractivity contribution in [1.29, 1.82) is 0 Å². The Kier molecular flexibility index (Phi) is 16.6. The second kappa shape index (κ2) is 24.1. The van der Waals surface area contributed by atoms with Crippen LogP contribution in [0.2, 0.25) is 0 Å². The van der Waals surface area contributed by atoms with Crippen LogP contribution in [0.5, 0.6) is 5.75 Å². The van der Waals surface area contributed by atoms with Crippen LogP contribution in [0, 0.1) is 0 Å². The highest BCUT2D eigenvalue weighted by Gasteiger charge is 2.39. The van der Waals surface area contributed by atoms with Crippen LogP contribution in [0.3, 0.4) is 0 Å². The summed E-state index contributed by atoms with van der Waals surface area (Å²) in [5.41, 5.74) is 6.33. The third kappa shape index (κ3) is 12.4. The van der Waals surface area contributed by atoms with E-state index in [1.165, 1.54) is 4.90 Å². The summed E-state index contributed by atoms with van der Waals surface area (Å²) in [6, 6.07) is 65.0. The molecule has 354 valence electrons. The molecule has 0 radical (unpaired) electrons. The van der Waals surface area contributed by atoms with Gasteiger partial charge in [-0.15, -0.1) is 0 Å². The van der Waals surface area contributed by atoms with E-state index in [0.29, 0.717) is 24.7 Å². The lowest BCUT2D eigenvalue weighted by molar-refractivity contribution is -0.140. The van der Waals surface area contributed by atoms with Gasteiger partial charge < -0.3 is 34.3 Å². The minimum absolute atomic E-state index is 0.00572. The van der Waals surface area contributed by atoms with Crippen LogP contribution in [0.4, 0.5) is 4.79 Å². The fourth-order valence-electron chi connectivity index (χ4n) is 8.57. The number of likely N-dealkylation sites (N-methyl/N-ethyl adjacent to an activating group) is 1. The third-order valence-electron chi connectivity index (χ3n) is 12.2. The maximum atomic E-state index is 15.1. The predicted octanol–water partition coefficient (Wildman–Crippen LogP) is 9.54. The van der Waals surface area contributed by atoms with Crippen molar-refractivity contribution in [3.8, 4) is 5.75 Å². The number of imidazole rings is 1. The molecule has 11 nitrogen and oxygen atoms in total. The first-order chi connectivity index (χ1) is 34.4. The van der Waals surface area contributed by atoms with Gasteiger partial charge in [-0.2, -0.15) is 0 Å². The molecule has 0 aliphatic carbocycles. The number of carbonyl (C=O) groups is 3. The Morgan fingerprint density at radius 3 is 1.60 bits per heavy atom. The Hall–Kier alpha value is -8.28. The molecule has 3 amide bonds. The van der Waals surface area contributed by atoms with E-state index in [9.17, 15) is 9.59 Å². The van der Waals surface area contributed by atoms with E-state index in [4.69, 9.17) is 19.2 Å². The third-order valence-corrected chi connectivity index (χ3v) is 12.2. The summed E-state index contributed by atoms with van der Waals surface area (Å²) in [7, 11) is 1.59. The van der Waals surface area contributed by atoms with Crippen LogP contribution < -0.4 is 15.4 Å². The number of carbonyl (C=O) groups excluding carboxylic acids is 3. The second-order valence-electron chi connectivity index (χ2n) is 17.0.